The second kappa shape index (κ2) is 13.6. The van der Waals surface area contributed by atoms with Crippen molar-refractivity contribution in [1.82, 2.24) is 30.0 Å². The van der Waals surface area contributed by atoms with Gasteiger partial charge in [0, 0.05) is 34.4 Å². The first-order chi connectivity index (χ1) is 23.2. The zero-order chi connectivity index (χ0) is 35.1. The van der Waals surface area contributed by atoms with Crippen LogP contribution in [-0.4, -0.2) is 53.4 Å². The third kappa shape index (κ3) is 7.69. The van der Waals surface area contributed by atoms with E-state index in [0.717, 1.165) is 47.9 Å². The maximum absolute atomic E-state index is 11.3. The van der Waals surface area contributed by atoms with Crippen LogP contribution in [0.5, 0.6) is 11.5 Å². The molecule has 0 bridgehead atoms. The van der Waals surface area contributed by atoms with Gasteiger partial charge in [0.2, 0.25) is 0 Å². The fourth-order valence-corrected chi connectivity index (χ4v) is 6.27. The molecule has 49 heavy (non-hydrogen) atoms. The molecule has 2 aromatic heterocycles. The molecule has 0 aliphatic carbocycles. The Labute approximate surface area is 296 Å². The Kier molecular flexibility index (Phi) is 9.63. The number of ether oxygens (including phenoxy) is 1. The molecule has 0 unspecified atom stereocenters. The van der Waals surface area contributed by atoms with E-state index >= 15 is 0 Å². The maximum atomic E-state index is 11.3. The number of rotatable bonds is 10. The van der Waals surface area contributed by atoms with Gasteiger partial charge in [-0.1, -0.05) is 76.9 Å². The highest BCUT2D eigenvalue weighted by atomic mass is 35.5. The van der Waals surface area contributed by atoms with E-state index in [0.29, 0.717) is 56.7 Å². The number of phenolic OH excluding ortho intramolecular Hbond substituents is 2. The fraction of sp³-hybridized carbons (Fsp3) is 0.368. The molecule has 9 nitrogen and oxygen atoms in total. The van der Waals surface area contributed by atoms with Gasteiger partial charge < -0.3 is 14.9 Å². The lowest BCUT2D eigenvalue weighted by Gasteiger charge is -2.23. The molecule has 2 N–H and O–H groups in total. The molecule has 11 heteroatoms. The molecule has 0 saturated heterocycles. The molecule has 6 aromatic rings. The van der Waals surface area contributed by atoms with Gasteiger partial charge in [-0.3, -0.25) is 0 Å². The van der Waals surface area contributed by atoms with E-state index in [-0.39, 0.29) is 22.3 Å². The maximum Gasteiger partial charge on any atom is 0.146 e. The predicted octanol–water partition coefficient (Wildman–Crippen LogP) is 9.05. The van der Waals surface area contributed by atoms with Crippen molar-refractivity contribution in [3.8, 4) is 22.9 Å². The van der Waals surface area contributed by atoms with Crippen LogP contribution in [0.2, 0.25) is 10.0 Å². The van der Waals surface area contributed by atoms with Crippen LogP contribution in [0.15, 0.2) is 60.7 Å². The normalized spacial score (nSPS) is 12.4. The van der Waals surface area contributed by atoms with Crippen molar-refractivity contribution < 1.29 is 14.9 Å². The summed E-state index contributed by atoms with van der Waals surface area (Å²) in [7, 11) is 0. The first-order valence-corrected chi connectivity index (χ1v) is 17.3. The SMILES string of the molecule is CC(C)(C)c1cc(CCCOCCCc2cc(-n3nc4ccc(Cl)cc4n3)c(O)c(C(C)(C)C)c2)cc(-n2nc3ccc(Cl)cc3n2)c1O. The molecule has 0 amide bonds. The third-order valence-electron chi connectivity index (χ3n) is 8.54. The second-order valence-corrected chi connectivity index (χ2v) is 15.5. The number of hydrogen-bond donors (Lipinski definition) is 2. The van der Waals surface area contributed by atoms with Crippen molar-refractivity contribution in [2.24, 2.45) is 0 Å². The third-order valence-corrected chi connectivity index (χ3v) is 9.01. The van der Waals surface area contributed by atoms with Crippen molar-refractivity contribution >= 4 is 45.3 Å². The monoisotopic (exact) mass is 700 g/mol. The summed E-state index contributed by atoms with van der Waals surface area (Å²) in [6.45, 7) is 13.7. The number of phenols is 2. The number of aromatic nitrogens is 6. The van der Waals surface area contributed by atoms with Gasteiger partial charge in [0.25, 0.3) is 0 Å². The van der Waals surface area contributed by atoms with E-state index in [1.54, 1.807) is 24.3 Å². The molecule has 6 rings (SSSR count). The van der Waals surface area contributed by atoms with E-state index < -0.39 is 0 Å². The van der Waals surface area contributed by atoms with Crippen molar-refractivity contribution in [2.45, 2.75) is 78.1 Å². The zero-order valence-electron chi connectivity index (χ0n) is 28.8. The average Bonchev–Trinajstić information content (AvgIpc) is 3.64. The number of hydrogen-bond acceptors (Lipinski definition) is 7. The summed E-state index contributed by atoms with van der Waals surface area (Å²) < 4.78 is 6.07. The summed E-state index contributed by atoms with van der Waals surface area (Å²) in [4.78, 5) is 2.98. The van der Waals surface area contributed by atoms with E-state index in [2.05, 4.69) is 74.1 Å². The van der Waals surface area contributed by atoms with Gasteiger partial charge in [0.15, 0.2) is 0 Å². The van der Waals surface area contributed by atoms with Gasteiger partial charge in [-0.05, 0) is 96.2 Å². The van der Waals surface area contributed by atoms with Crippen molar-refractivity contribution in [3.63, 3.8) is 0 Å². The Morgan fingerprint density at radius 1 is 0.571 bits per heavy atom. The van der Waals surface area contributed by atoms with E-state index in [1.165, 1.54) is 9.59 Å². The lowest BCUT2D eigenvalue weighted by Crippen LogP contribution is -2.14. The molecule has 0 spiro atoms. The van der Waals surface area contributed by atoms with Crippen LogP contribution in [0, 0.1) is 0 Å². The van der Waals surface area contributed by atoms with E-state index in [9.17, 15) is 10.2 Å². The molecule has 4 aromatic carbocycles. The molecule has 2 heterocycles. The summed E-state index contributed by atoms with van der Waals surface area (Å²) in [6, 6.07) is 18.8. The summed E-state index contributed by atoms with van der Waals surface area (Å²) >= 11 is 12.3. The number of fused-ring (bicyclic) bond motifs is 2. The van der Waals surface area contributed by atoms with Crippen LogP contribution in [-0.2, 0) is 28.4 Å². The minimum atomic E-state index is -0.281. The summed E-state index contributed by atoms with van der Waals surface area (Å²) in [6.07, 6.45) is 3.18. The lowest BCUT2D eigenvalue weighted by molar-refractivity contribution is 0.130. The highest BCUT2D eigenvalue weighted by Crippen LogP contribution is 2.38. The highest BCUT2D eigenvalue weighted by Gasteiger charge is 2.25. The number of halogens is 2. The van der Waals surface area contributed by atoms with Crippen LogP contribution >= 0.6 is 23.2 Å². The standard InChI is InChI=1S/C38H42Cl2N6O3/c1-37(2,3)27-17-23(19-33(35(27)47)45-41-29-13-11-25(39)21-31(29)43-45)9-7-15-49-16-8-10-24-18-28(38(4,5)6)36(48)34(20-24)46-42-30-14-12-26(40)22-32(30)44-46/h11-14,17-22,47-48H,7-10,15-16H2,1-6H3. The van der Waals surface area contributed by atoms with Gasteiger partial charge in [-0.2, -0.15) is 0 Å². The molecule has 0 aliphatic heterocycles. The number of nitrogens with zero attached hydrogens (tertiary/aromatic N) is 6. The van der Waals surface area contributed by atoms with Gasteiger partial charge in [0.1, 0.15) is 44.9 Å². The average molecular weight is 702 g/mol. The highest BCUT2D eigenvalue weighted by molar-refractivity contribution is 6.31. The van der Waals surface area contributed by atoms with Crippen molar-refractivity contribution in [3.05, 3.63) is 93.0 Å². The van der Waals surface area contributed by atoms with Gasteiger partial charge in [-0.25, -0.2) is 0 Å². The largest absolute Gasteiger partial charge is 0.505 e. The second-order valence-electron chi connectivity index (χ2n) is 14.6. The van der Waals surface area contributed by atoms with Gasteiger partial charge in [0.05, 0.1) is 0 Å². The van der Waals surface area contributed by atoms with Crippen LogP contribution in [0.4, 0.5) is 0 Å². The van der Waals surface area contributed by atoms with Crippen LogP contribution in [0.3, 0.4) is 0 Å². The minimum absolute atomic E-state index is 0.173. The molecule has 0 atom stereocenters. The van der Waals surface area contributed by atoms with Crippen molar-refractivity contribution in [1.29, 1.82) is 0 Å². The number of aromatic hydroxyl groups is 2. The Bertz CT molecular complexity index is 1990. The van der Waals surface area contributed by atoms with Gasteiger partial charge in [-0.15, -0.1) is 30.0 Å². The molecular weight excluding hydrogens is 659 g/mol. The summed E-state index contributed by atoms with van der Waals surface area (Å²) in [5.74, 6) is 0.346. The predicted molar refractivity (Wildman–Crippen MR) is 196 cm³/mol. The van der Waals surface area contributed by atoms with Gasteiger partial charge >= 0.3 is 0 Å². The first kappa shape index (κ1) is 34.7. The Hall–Kier alpha value is -4.18. The molecular formula is C38H42Cl2N6O3. The minimum Gasteiger partial charge on any atom is -0.505 e. The van der Waals surface area contributed by atoms with E-state index in [1.807, 2.05) is 24.3 Å². The van der Waals surface area contributed by atoms with Crippen LogP contribution < -0.4 is 0 Å². The number of aryl methyl sites for hydroxylation is 2. The smallest absolute Gasteiger partial charge is 0.146 e. The molecule has 0 fully saturated rings. The zero-order valence-corrected chi connectivity index (χ0v) is 30.3. The van der Waals surface area contributed by atoms with Crippen molar-refractivity contribution in [2.75, 3.05) is 13.2 Å². The fourth-order valence-electron chi connectivity index (χ4n) is 5.94. The topological polar surface area (TPSA) is 111 Å². The van der Waals surface area contributed by atoms with Crippen LogP contribution in [0.25, 0.3) is 33.4 Å². The number of benzene rings is 4. The molecule has 0 radical (unpaired) electrons. The van der Waals surface area contributed by atoms with Crippen LogP contribution in [0.1, 0.15) is 76.6 Å². The molecule has 0 aliphatic rings. The van der Waals surface area contributed by atoms with E-state index in [4.69, 9.17) is 27.9 Å². The summed E-state index contributed by atoms with van der Waals surface area (Å²) in [5, 5.41) is 42.1. The Morgan fingerprint density at radius 3 is 1.35 bits per heavy atom. The quantitative estimate of drug-likeness (QED) is 0.137. The lowest BCUT2D eigenvalue weighted by atomic mass is 9.84. The molecule has 0 saturated carbocycles. The summed E-state index contributed by atoms with van der Waals surface area (Å²) in [5.41, 5.74) is 7.09. The molecule has 256 valence electrons. The Balaban J connectivity index is 1.10. The first-order valence-electron chi connectivity index (χ1n) is 16.5. The Morgan fingerprint density at radius 2 is 0.959 bits per heavy atom.